The highest BCUT2D eigenvalue weighted by Crippen LogP contribution is 2.27. The molecule has 1 aliphatic heterocycles. The van der Waals surface area contributed by atoms with Crippen molar-refractivity contribution in [3.63, 3.8) is 0 Å². The Morgan fingerprint density at radius 3 is 2.70 bits per heavy atom. The maximum absolute atomic E-state index is 12.4. The highest BCUT2D eigenvalue weighted by molar-refractivity contribution is 7.18. The van der Waals surface area contributed by atoms with Gasteiger partial charge in [-0.2, -0.15) is 5.26 Å². The van der Waals surface area contributed by atoms with Crippen LogP contribution < -0.4 is 5.56 Å². The van der Waals surface area contributed by atoms with Crippen molar-refractivity contribution >= 4 is 21.6 Å². The van der Waals surface area contributed by atoms with Gasteiger partial charge >= 0.3 is 0 Å². The molecule has 0 spiro atoms. The summed E-state index contributed by atoms with van der Waals surface area (Å²) in [6.45, 7) is 10.1. The van der Waals surface area contributed by atoms with E-state index in [9.17, 15) is 4.79 Å². The molecule has 6 nitrogen and oxygen atoms in total. The van der Waals surface area contributed by atoms with Crippen LogP contribution in [0.2, 0.25) is 0 Å². The van der Waals surface area contributed by atoms with E-state index in [1.807, 2.05) is 13.8 Å². The number of aryl methyl sites for hydroxylation is 2. The van der Waals surface area contributed by atoms with Crippen LogP contribution in [0.15, 0.2) is 4.79 Å². The molecule has 2 aromatic heterocycles. The zero-order valence-electron chi connectivity index (χ0n) is 13.7. The minimum Gasteiger partial charge on any atom is -0.309 e. The van der Waals surface area contributed by atoms with E-state index in [0.29, 0.717) is 6.54 Å². The van der Waals surface area contributed by atoms with Crippen LogP contribution >= 0.6 is 11.3 Å². The van der Waals surface area contributed by atoms with Gasteiger partial charge < -0.3 is 4.98 Å². The van der Waals surface area contributed by atoms with Crippen LogP contribution in [0, 0.1) is 25.2 Å². The minimum absolute atomic E-state index is 0.0400. The third kappa shape index (κ3) is 3.02. The molecule has 1 atom stereocenters. The van der Waals surface area contributed by atoms with Crippen molar-refractivity contribution in [1.82, 2.24) is 19.8 Å². The van der Waals surface area contributed by atoms with E-state index in [-0.39, 0.29) is 11.6 Å². The van der Waals surface area contributed by atoms with Gasteiger partial charge in [0.05, 0.1) is 24.0 Å². The molecule has 2 aromatic rings. The fourth-order valence-corrected chi connectivity index (χ4v) is 4.09. The lowest BCUT2D eigenvalue weighted by molar-refractivity contribution is 0.107. The molecule has 0 radical (unpaired) electrons. The van der Waals surface area contributed by atoms with Crippen molar-refractivity contribution in [3.05, 3.63) is 26.6 Å². The topological polar surface area (TPSA) is 76.0 Å². The van der Waals surface area contributed by atoms with Gasteiger partial charge in [-0.15, -0.1) is 11.3 Å². The summed E-state index contributed by atoms with van der Waals surface area (Å²) in [5, 5.41) is 9.50. The molecule has 23 heavy (non-hydrogen) atoms. The molecule has 0 aromatic carbocycles. The summed E-state index contributed by atoms with van der Waals surface area (Å²) in [6.07, 6.45) is 0. The predicted octanol–water partition coefficient (Wildman–Crippen LogP) is 1.80. The first-order chi connectivity index (χ1) is 11.0. The van der Waals surface area contributed by atoms with Gasteiger partial charge in [0.1, 0.15) is 10.7 Å². The van der Waals surface area contributed by atoms with Gasteiger partial charge in [0.2, 0.25) is 0 Å². The highest BCUT2D eigenvalue weighted by atomic mass is 32.1. The maximum atomic E-state index is 12.4. The first-order valence-corrected chi connectivity index (χ1v) is 8.66. The first-order valence-electron chi connectivity index (χ1n) is 7.84. The molecule has 0 bridgehead atoms. The van der Waals surface area contributed by atoms with Crippen molar-refractivity contribution < 1.29 is 0 Å². The van der Waals surface area contributed by atoms with Gasteiger partial charge in [0, 0.05) is 31.1 Å². The van der Waals surface area contributed by atoms with Gasteiger partial charge in [-0.05, 0) is 26.3 Å². The number of thiophene rings is 1. The van der Waals surface area contributed by atoms with Crippen molar-refractivity contribution in [2.75, 3.05) is 32.7 Å². The van der Waals surface area contributed by atoms with Gasteiger partial charge in [-0.1, -0.05) is 0 Å². The van der Waals surface area contributed by atoms with Crippen LogP contribution in [-0.4, -0.2) is 52.5 Å². The molecule has 3 heterocycles. The Bertz CT molecular complexity index is 810. The van der Waals surface area contributed by atoms with Gasteiger partial charge in [-0.25, -0.2) is 4.98 Å². The van der Waals surface area contributed by atoms with Crippen LogP contribution in [0.25, 0.3) is 10.2 Å². The largest absolute Gasteiger partial charge is 0.309 e. The number of H-pyrrole nitrogens is 1. The van der Waals surface area contributed by atoms with E-state index in [2.05, 4.69) is 27.8 Å². The predicted molar refractivity (Wildman–Crippen MR) is 91.8 cm³/mol. The molecule has 0 unspecified atom stereocenters. The molecule has 1 saturated heterocycles. The van der Waals surface area contributed by atoms with E-state index in [0.717, 1.165) is 52.7 Å². The number of hydrogen-bond donors (Lipinski definition) is 1. The number of piperazine rings is 1. The second kappa shape index (κ2) is 6.40. The number of aromatic nitrogens is 2. The van der Waals surface area contributed by atoms with Gasteiger partial charge in [0.25, 0.3) is 5.56 Å². The molecule has 7 heteroatoms. The number of nitriles is 1. The highest BCUT2D eigenvalue weighted by Gasteiger charge is 2.24. The lowest BCUT2D eigenvalue weighted by Gasteiger charge is -2.36. The molecule has 0 saturated carbocycles. The third-order valence-corrected chi connectivity index (χ3v) is 5.80. The summed E-state index contributed by atoms with van der Waals surface area (Å²) in [4.78, 5) is 26.5. The molecule has 0 aliphatic carbocycles. The van der Waals surface area contributed by atoms with E-state index in [4.69, 9.17) is 10.2 Å². The second-order valence-corrected chi connectivity index (χ2v) is 7.26. The standard InChI is InChI=1S/C16H21N5OS/c1-10-12(3)23-16-13(10)15(22)18-14(19-16)11(2)21-8-6-20(5-4-17)7-9-21/h11H,5-9H2,1-3H3,(H,18,19,22)/t11-/m1/s1. The quantitative estimate of drug-likeness (QED) is 0.868. The average molecular weight is 331 g/mol. The number of hydrogen-bond acceptors (Lipinski definition) is 6. The summed E-state index contributed by atoms with van der Waals surface area (Å²) in [5.41, 5.74) is 0.991. The second-order valence-electron chi connectivity index (χ2n) is 6.06. The van der Waals surface area contributed by atoms with Crippen molar-refractivity contribution in [1.29, 1.82) is 5.26 Å². The Balaban J connectivity index is 1.83. The Labute approximate surface area is 139 Å². The Hall–Kier alpha value is -1.75. The molecule has 1 fully saturated rings. The summed E-state index contributed by atoms with van der Waals surface area (Å²) >= 11 is 1.58. The van der Waals surface area contributed by atoms with E-state index in [1.165, 1.54) is 0 Å². The average Bonchev–Trinajstić information content (AvgIpc) is 2.82. The summed E-state index contributed by atoms with van der Waals surface area (Å²) in [6, 6.07) is 2.27. The monoisotopic (exact) mass is 331 g/mol. The van der Waals surface area contributed by atoms with Crippen LogP contribution in [0.4, 0.5) is 0 Å². The normalized spacial score (nSPS) is 18.2. The lowest BCUT2D eigenvalue weighted by atomic mass is 10.2. The molecular weight excluding hydrogens is 310 g/mol. The molecule has 122 valence electrons. The zero-order chi connectivity index (χ0) is 16.6. The van der Waals surface area contributed by atoms with Crippen LogP contribution in [0.3, 0.4) is 0 Å². The molecule has 0 amide bonds. The SMILES string of the molecule is Cc1sc2nc([C@@H](C)N3CCN(CC#N)CC3)[nH]c(=O)c2c1C. The summed E-state index contributed by atoms with van der Waals surface area (Å²) in [7, 11) is 0. The number of rotatable bonds is 3. The number of nitrogens with zero attached hydrogens (tertiary/aromatic N) is 4. The summed E-state index contributed by atoms with van der Waals surface area (Å²) in [5.74, 6) is 0.734. The molecular formula is C16H21N5OS. The maximum Gasteiger partial charge on any atom is 0.259 e. The van der Waals surface area contributed by atoms with E-state index in [1.54, 1.807) is 11.3 Å². The molecule has 1 aliphatic rings. The molecule has 1 N–H and O–H groups in total. The number of fused-ring (bicyclic) bond motifs is 1. The van der Waals surface area contributed by atoms with Crippen LogP contribution in [0.5, 0.6) is 0 Å². The fraction of sp³-hybridized carbons (Fsp3) is 0.562. The third-order valence-electron chi connectivity index (χ3n) is 4.70. The summed E-state index contributed by atoms with van der Waals surface area (Å²) < 4.78 is 0. The van der Waals surface area contributed by atoms with Gasteiger partial charge in [0.15, 0.2) is 0 Å². The fourth-order valence-electron chi connectivity index (χ4n) is 3.05. The number of nitrogens with one attached hydrogen (secondary N) is 1. The zero-order valence-corrected chi connectivity index (χ0v) is 14.5. The minimum atomic E-state index is -0.0400. The van der Waals surface area contributed by atoms with Crippen LogP contribution in [0.1, 0.15) is 29.2 Å². The van der Waals surface area contributed by atoms with Crippen molar-refractivity contribution in [2.45, 2.75) is 26.8 Å². The Morgan fingerprint density at radius 1 is 1.35 bits per heavy atom. The smallest absolute Gasteiger partial charge is 0.259 e. The number of aromatic amines is 1. The van der Waals surface area contributed by atoms with E-state index < -0.39 is 0 Å². The van der Waals surface area contributed by atoms with Gasteiger partial charge in [-0.3, -0.25) is 14.6 Å². The van der Waals surface area contributed by atoms with Crippen molar-refractivity contribution in [3.8, 4) is 6.07 Å². The first kappa shape index (κ1) is 16.1. The van der Waals surface area contributed by atoms with Crippen molar-refractivity contribution in [2.24, 2.45) is 0 Å². The lowest BCUT2D eigenvalue weighted by Crippen LogP contribution is -2.47. The Kier molecular flexibility index (Phi) is 4.48. The molecule has 3 rings (SSSR count). The van der Waals surface area contributed by atoms with Crippen LogP contribution in [-0.2, 0) is 0 Å². The Morgan fingerprint density at radius 2 is 2.04 bits per heavy atom. The van der Waals surface area contributed by atoms with E-state index >= 15 is 0 Å².